The fourth-order valence-electron chi connectivity index (χ4n) is 2.13. The molecule has 0 spiro atoms. The molecule has 0 saturated heterocycles. The molecule has 100 valence electrons. The number of para-hydroxylation sites is 2. The van der Waals surface area contributed by atoms with E-state index in [1.807, 2.05) is 24.3 Å². The summed E-state index contributed by atoms with van der Waals surface area (Å²) in [6.07, 6.45) is 1.61. The molecule has 0 saturated carbocycles. The fourth-order valence-corrected chi connectivity index (χ4v) is 2.13. The monoisotopic (exact) mass is 269 g/mol. The summed E-state index contributed by atoms with van der Waals surface area (Å²) in [7, 11) is 1.59. The first kappa shape index (κ1) is 12.2. The molecule has 0 fully saturated rings. The minimum atomic E-state index is -0.417. The highest BCUT2D eigenvalue weighted by atomic mass is 16.6. The molecule has 0 aliphatic heterocycles. The van der Waals surface area contributed by atoms with Crippen LogP contribution in [0.4, 0.5) is 5.69 Å². The van der Waals surface area contributed by atoms with Crippen LogP contribution in [0.2, 0.25) is 0 Å². The highest BCUT2D eigenvalue weighted by Crippen LogP contribution is 2.27. The number of nitro groups is 1. The van der Waals surface area contributed by atoms with E-state index in [1.165, 1.54) is 12.1 Å². The van der Waals surface area contributed by atoms with E-state index < -0.39 is 4.92 Å². The predicted molar refractivity (Wildman–Crippen MR) is 74.3 cm³/mol. The number of rotatable bonds is 3. The normalized spacial score (nSPS) is 10.7. The smallest absolute Gasteiger partial charge is 0.270 e. The summed E-state index contributed by atoms with van der Waals surface area (Å²) in [4.78, 5) is 10.4. The van der Waals surface area contributed by atoms with Crippen LogP contribution in [0.15, 0.2) is 48.7 Å². The van der Waals surface area contributed by atoms with Crippen LogP contribution < -0.4 is 4.74 Å². The molecule has 0 amide bonds. The van der Waals surface area contributed by atoms with Crippen molar-refractivity contribution in [2.75, 3.05) is 7.11 Å². The summed E-state index contributed by atoms with van der Waals surface area (Å²) < 4.78 is 7.02. The van der Waals surface area contributed by atoms with Gasteiger partial charge >= 0.3 is 0 Å². The molecule has 0 aliphatic rings. The number of ether oxygens (including phenoxy) is 1. The van der Waals surface area contributed by atoms with Gasteiger partial charge in [-0.1, -0.05) is 12.1 Å². The van der Waals surface area contributed by atoms with Crippen LogP contribution >= 0.6 is 0 Å². The standard InChI is InChI=1S/C14H11N3O3/c1-20-14-5-3-2-4-13(14)16-12-7-6-11(17(18)19)8-10(12)9-15-16/h2-9H,1H3. The van der Waals surface area contributed by atoms with Crippen molar-refractivity contribution in [2.24, 2.45) is 0 Å². The van der Waals surface area contributed by atoms with Crippen molar-refractivity contribution in [3.63, 3.8) is 0 Å². The molecule has 1 heterocycles. The Morgan fingerprint density at radius 3 is 2.80 bits per heavy atom. The molecule has 0 N–H and O–H groups in total. The maximum Gasteiger partial charge on any atom is 0.270 e. The van der Waals surface area contributed by atoms with Crippen molar-refractivity contribution in [1.82, 2.24) is 9.78 Å². The first-order valence-corrected chi connectivity index (χ1v) is 5.96. The van der Waals surface area contributed by atoms with Gasteiger partial charge in [0.05, 0.1) is 23.7 Å². The van der Waals surface area contributed by atoms with Crippen LogP contribution in [0.5, 0.6) is 5.75 Å². The number of methoxy groups -OCH3 is 1. The topological polar surface area (TPSA) is 70.2 Å². The highest BCUT2D eigenvalue weighted by molar-refractivity contribution is 5.83. The average molecular weight is 269 g/mol. The number of nitro benzene ring substituents is 1. The summed E-state index contributed by atoms with van der Waals surface area (Å²) in [5, 5.41) is 15.8. The Morgan fingerprint density at radius 2 is 2.05 bits per heavy atom. The average Bonchev–Trinajstić information content (AvgIpc) is 2.89. The lowest BCUT2D eigenvalue weighted by Gasteiger charge is -2.08. The largest absolute Gasteiger partial charge is 0.494 e. The van der Waals surface area contributed by atoms with Crippen molar-refractivity contribution >= 4 is 16.6 Å². The quantitative estimate of drug-likeness (QED) is 0.541. The fraction of sp³-hybridized carbons (Fsp3) is 0.0714. The van der Waals surface area contributed by atoms with E-state index in [9.17, 15) is 10.1 Å². The number of fused-ring (bicyclic) bond motifs is 1. The van der Waals surface area contributed by atoms with Crippen molar-refractivity contribution in [3.8, 4) is 11.4 Å². The third-order valence-electron chi connectivity index (χ3n) is 3.08. The lowest BCUT2D eigenvalue weighted by molar-refractivity contribution is -0.384. The minimum Gasteiger partial charge on any atom is -0.494 e. The number of non-ortho nitro benzene ring substituents is 1. The van der Waals surface area contributed by atoms with Gasteiger partial charge in [-0.25, -0.2) is 4.68 Å². The van der Waals surface area contributed by atoms with Crippen molar-refractivity contribution in [3.05, 3.63) is 58.8 Å². The van der Waals surface area contributed by atoms with E-state index in [2.05, 4.69) is 5.10 Å². The van der Waals surface area contributed by atoms with E-state index in [0.717, 1.165) is 11.2 Å². The summed E-state index contributed by atoms with van der Waals surface area (Å²) in [5.41, 5.74) is 1.64. The molecule has 3 aromatic rings. The zero-order valence-electron chi connectivity index (χ0n) is 10.7. The van der Waals surface area contributed by atoms with Gasteiger partial charge in [0.25, 0.3) is 5.69 Å². The molecular formula is C14H11N3O3. The molecule has 0 bridgehead atoms. The van der Waals surface area contributed by atoms with E-state index >= 15 is 0 Å². The van der Waals surface area contributed by atoms with Gasteiger partial charge in [0, 0.05) is 17.5 Å². The van der Waals surface area contributed by atoms with Crippen LogP contribution in [-0.2, 0) is 0 Å². The molecule has 6 nitrogen and oxygen atoms in total. The predicted octanol–water partition coefficient (Wildman–Crippen LogP) is 2.94. The Morgan fingerprint density at radius 1 is 1.25 bits per heavy atom. The lowest BCUT2D eigenvalue weighted by atomic mass is 10.2. The molecule has 6 heteroatoms. The molecule has 3 rings (SSSR count). The Bertz CT molecular complexity index is 795. The van der Waals surface area contributed by atoms with Gasteiger partial charge in [-0.2, -0.15) is 5.10 Å². The molecule has 0 radical (unpaired) electrons. The summed E-state index contributed by atoms with van der Waals surface area (Å²) in [6.45, 7) is 0. The molecule has 20 heavy (non-hydrogen) atoms. The third kappa shape index (κ3) is 1.87. The number of aromatic nitrogens is 2. The van der Waals surface area contributed by atoms with Gasteiger partial charge in [-0.15, -0.1) is 0 Å². The van der Waals surface area contributed by atoms with Crippen LogP contribution in [-0.4, -0.2) is 21.8 Å². The lowest BCUT2D eigenvalue weighted by Crippen LogP contribution is -1.99. The number of nitrogens with zero attached hydrogens (tertiary/aromatic N) is 3. The second-order valence-corrected chi connectivity index (χ2v) is 4.23. The van der Waals surface area contributed by atoms with Gasteiger partial charge < -0.3 is 4.74 Å². The number of hydrogen-bond donors (Lipinski definition) is 0. The van der Waals surface area contributed by atoms with Crippen molar-refractivity contribution in [1.29, 1.82) is 0 Å². The maximum atomic E-state index is 10.8. The first-order chi connectivity index (χ1) is 9.70. The summed E-state index contributed by atoms with van der Waals surface area (Å²) in [5.74, 6) is 0.691. The second kappa shape index (κ2) is 4.65. The molecule has 0 atom stereocenters. The van der Waals surface area contributed by atoms with E-state index in [4.69, 9.17) is 4.74 Å². The van der Waals surface area contributed by atoms with E-state index in [-0.39, 0.29) is 5.69 Å². The van der Waals surface area contributed by atoms with E-state index in [0.29, 0.717) is 11.1 Å². The molecule has 2 aromatic carbocycles. The van der Waals surface area contributed by atoms with Gasteiger partial charge in [0.1, 0.15) is 11.4 Å². The minimum absolute atomic E-state index is 0.0528. The summed E-state index contributed by atoms with van der Waals surface area (Å²) >= 11 is 0. The van der Waals surface area contributed by atoms with Gasteiger partial charge in [0.15, 0.2) is 0 Å². The zero-order chi connectivity index (χ0) is 14.1. The van der Waals surface area contributed by atoms with Gasteiger partial charge in [-0.3, -0.25) is 10.1 Å². The van der Waals surface area contributed by atoms with Crippen LogP contribution in [0.25, 0.3) is 16.6 Å². The molecule has 0 unspecified atom stereocenters. The molecule has 1 aromatic heterocycles. The Hall–Kier alpha value is -2.89. The van der Waals surface area contributed by atoms with Gasteiger partial charge in [-0.05, 0) is 18.2 Å². The maximum absolute atomic E-state index is 10.8. The van der Waals surface area contributed by atoms with Crippen LogP contribution in [0.3, 0.4) is 0 Å². The second-order valence-electron chi connectivity index (χ2n) is 4.23. The van der Waals surface area contributed by atoms with Crippen LogP contribution in [0, 0.1) is 10.1 Å². The Balaban J connectivity index is 2.20. The summed E-state index contributed by atoms with van der Waals surface area (Å²) in [6, 6.07) is 12.1. The highest BCUT2D eigenvalue weighted by Gasteiger charge is 2.12. The van der Waals surface area contributed by atoms with Gasteiger partial charge in [0.2, 0.25) is 0 Å². The molecular weight excluding hydrogens is 258 g/mol. The Kier molecular flexibility index (Phi) is 2.83. The van der Waals surface area contributed by atoms with Crippen molar-refractivity contribution in [2.45, 2.75) is 0 Å². The Labute approximate surface area is 114 Å². The number of hydrogen-bond acceptors (Lipinski definition) is 4. The van der Waals surface area contributed by atoms with E-state index in [1.54, 1.807) is 24.1 Å². The SMILES string of the molecule is COc1ccccc1-n1ncc2cc([N+](=O)[O-])ccc21. The zero-order valence-corrected chi connectivity index (χ0v) is 10.7. The first-order valence-electron chi connectivity index (χ1n) is 5.96. The molecule has 0 aliphatic carbocycles. The number of benzene rings is 2. The van der Waals surface area contributed by atoms with Crippen LogP contribution in [0.1, 0.15) is 0 Å². The van der Waals surface area contributed by atoms with Crippen molar-refractivity contribution < 1.29 is 9.66 Å². The third-order valence-corrected chi connectivity index (χ3v) is 3.08.